The van der Waals surface area contributed by atoms with E-state index in [1.165, 1.54) is 17.8 Å². The van der Waals surface area contributed by atoms with Crippen molar-refractivity contribution < 1.29 is 57.6 Å². The molecule has 10 rings (SSSR count). The number of rotatable bonds is 20. The van der Waals surface area contributed by atoms with E-state index in [0.29, 0.717) is 69.8 Å². The quantitative estimate of drug-likeness (QED) is 0.0584. The zero-order chi connectivity index (χ0) is 47.1. The molecule has 1 aliphatic carbocycles. The number of hydrogen-bond donors (Lipinski definition) is 1. The zero-order valence-corrected chi connectivity index (χ0v) is 40.1. The van der Waals surface area contributed by atoms with Gasteiger partial charge in [-0.05, 0) is 103 Å². The van der Waals surface area contributed by atoms with Crippen LogP contribution in [0.15, 0.2) is 109 Å². The summed E-state index contributed by atoms with van der Waals surface area (Å²) < 4.78 is 56.1. The number of piperidine rings is 3. The van der Waals surface area contributed by atoms with E-state index in [-0.39, 0.29) is 47.8 Å². The maximum absolute atomic E-state index is 14.2. The van der Waals surface area contributed by atoms with Gasteiger partial charge in [-0.15, -0.1) is 11.8 Å². The maximum atomic E-state index is 14.2. The summed E-state index contributed by atoms with van der Waals surface area (Å²) in [7, 11) is 0. The molecule has 1 unspecified atom stereocenters. The molecule has 4 aromatic carbocycles. The molecule has 5 heterocycles. The third-order valence-electron chi connectivity index (χ3n) is 13.1. The Hall–Kier alpha value is -5.00. The fraction of sp³-hybridized carbons (Fsp3) is 0.404. The van der Waals surface area contributed by atoms with Crippen LogP contribution in [0.1, 0.15) is 83.8 Å². The van der Waals surface area contributed by atoms with E-state index in [1.54, 1.807) is 36.7 Å². The molecule has 1 aromatic heterocycles. The van der Waals surface area contributed by atoms with Crippen molar-refractivity contribution in [2.24, 2.45) is 11.8 Å². The summed E-state index contributed by atoms with van der Waals surface area (Å²) in [4.78, 5) is 35.0. The lowest BCUT2D eigenvalue weighted by atomic mass is 9.85. The number of hydrogen-bond acceptors (Lipinski definition) is 12. The number of nitrogens with one attached hydrogen (secondary N) is 1. The Morgan fingerprint density at radius 3 is 2.28 bits per heavy atom. The molecular formula is C52H55Cl2F2N3O9S. The van der Waals surface area contributed by atoms with Crippen LogP contribution in [0.3, 0.4) is 0 Å². The number of alkyl halides is 2. The number of aliphatic hydroxyl groups is 1. The number of H-pyrrole nitrogens is 1. The number of esters is 2. The Bertz CT molecular complexity index is 2520. The van der Waals surface area contributed by atoms with Gasteiger partial charge in [-0.25, -0.2) is 9.78 Å². The summed E-state index contributed by atoms with van der Waals surface area (Å²) in [5.41, 5.74) is 4.23. The van der Waals surface area contributed by atoms with Gasteiger partial charge < -0.3 is 34.3 Å². The van der Waals surface area contributed by atoms with Gasteiger partial charge in [0.1, 0.15) is 28.0 Å². The number of benzene rings is 4. The molecule has 366 valence electrons. The molecule has 0 radical (unpaired) electrons. The molecule has 5 aliphatic rings. The lowest BCUT2D eigenvalue weighted by molar-refractivity contribution is -0.377. The van der Waals surface area contributed by atoms with Gasteiger partial charge in [-0.3, -0.25) is 14.6 Å². The van der Waals surface area contributed by atoms with Gasteiger partial charge in [-0.2, -0.15) is 8.78 Å². The number of carbonyl (C=O) groups excluding carboxylic acids is 2. The average Bonchev–Trinajstić information content (AvgIpc) is 4.06. The number of halogens is 4. The van der Waals surface area contributed by atoms with Gasteiger partial charge in [0.15, 0.2) is 29.3 Å². The second-order valence-electron chi connectivity index (χ2n) is 17.9. The van der Waals surface area contributed by atoms with Crippen LogP contribution in [0.5, 0.6) is 17.2 Å². The molecule has 17 heteroatoms. The normalized spacial score (nSPS) is 21.2. The van der Waals surface area contributed by atoms with Gasteiger partial charge >= 0.3 is 18.6 Å². The smallest absolute Gasteiger partial charge is 0.387 e. The van der Waals surface area contributed by atoms with Crippen molar-refractivity contribution in [1.82, 2.24) is 9.80 Å². The highest BCUT2D eigenvalue weighted by molar-refractivity contribution is 8.00. The van der Waals surface area contributed by atoms with E-state index in [4.69, 9.17) is 46.9 Å². The second kappa shape index (κ2) is 23.3. The van der Waals surface area contributed by atoms with Crippen molar-refractivity contribution in [1.29, 1.82) is 0 Å². The zero-order valence-electron chi connectivity index (χ0n) is 37.8. The predicted octanol–water partition coefficient (Wildman–Crippen LogP) is 9.65. The average molecular weight is 1010 g/mol. The van der Waals surface area contributed by atoms with E-state index in [1.807, 2.05) is 71.6 Å². The van der Waals surface area contributed by atoms with Crippen LogP contribution in [0.25, 0.3) is 0 Å². The van der Waals surface area contributed by atoms with Crippen molar-refractivity contribution in [3.8, 4) is 17.2 Å². The summed E-state index contributed by atoms with van der Waals surface area (Å²) in [5, 5.41) is 11.5. The van der Waals surface area contributed by atoms with Gasteiger partial charge in [0.25, 0.3) is 0 Å². The Labute approximate surface area is 414 Å². The maximum Gasteiger partial charge on any atom is 0.387 e. The highest BCUT2D eigenvalue weighted by Crippen LogP contribution is 2.40. The number of nitrogens with zero attached hydrogens (tertiary/aromatic N) is 2. The minimum atomic E-state index is -3.06. The molecule has 1 saturated carbocycles. The largest absolute Gasteiger partial charge is 0.870 e. The summed E-state index contributed by atoms with van der Waals surface area (Å²) in [5.74, 6) is 0.832. The fourth-order valence-corrected chi connectivity index (χ4v) is 11.0. The summed E-state index contributed by atoms with van der Waals surface area (Å²) in [6.07, 6.45) is 5.19. The number of aromatic nitrogens is 1. The number of thioether (sulfide) groups is 1. The number of fused-ring (bicyclic) bond motifs is 3. The molecule has 2 bridgehead atoms. The monoisotopic (exact) mass is 1010 g/mol. The SMILES string of the molecule is O=C(C[C@@H](c1ccccc1)c1cccc(C(O)Oc2cccc(CN3CCS[C@H]3C(=O)O[C@@H](Cc3c(Cl)c[nH+]cc3Cl)c3ccc(OC(F)F)c(OCC4CC4)c3)c2)c1)O[C@H]1CN2CCC1CC2.[OH-]. The number of pyridine rings is 1. The Balaban J connectivity index is 0.00000642. The standard InChI is InChI=1S/C52H53Cl2F2N3O8S.H2O/c53-42-27-57-28-43(54)41(42)25-45(37-14-15-44(67-52(55)56)46(24-37)63-31-32-12-13-32)66-51(62)49-59(20-21-68-49)29-33-6-4-11-39(22-33)64-50(61)38-10-5-9-36(23-38)40(34-7-2-1-3-8-34)26-48(60)65-47-30-58-18-16-35(47)17-19-58;/h1-11,14-15,22-24,27-28,32,35,40,45,47,49-50,52,61H,12-13,16-21,25-26,29-31H2;1H2/t40-,45-,47-,49-,50?;/m0./s1. The molecule has 5 aromatic rings. The van der Waals surface area contributed by atoms with E-state index in [0.717, 1.165) is 62.0 Å². The molecule has 0 spiro atoms. The van der Waals surface area contributed by atoms with Gasteiger partial charge in [-0.1, -0.05) is 89.9 Å². The van der Waals surface area contributed by atoms with Crippen molar-refractivity contribution >= 4 is 46.9 Å². The van der Waals surface area contributed by atoms with Crippen molar-refractivity contribution in [3.63, 3.8) is 0 Å². The molecule has 5 fully saturated rings. The summed E-state index contributed by atoms with van der Waals surface area (Å²) in [6.45, 7) is 1.17. The van der Waals surface area contributed by atoms with E-state index in [2.05, 4.69) is 9.88 Å². The van der Waals surface area contributed by atoms with E-state index >= 15 is 0 Å². The van der Waals surface area contributed by atoms with Crippen LogP contribution in [0.4, 0.5) is 8.78 Å². The number of aromatic amines is 1. The van der Waals surface area contributed by atoms with E-state index in [9.17, 15) is 23.5 Å². The third kappa shape index (κ3) is 13.1. The molecule has 4 saturated heterocycles. The summed E-state index contributed by atoms with van der Waals surface area (Å²) in [6, 6.07) is 29.3. The highest BCUT2D eigenvalue weighted by atomic mass is 35.5. The first-order valence-electron chi connectivity index (χ1n) is 23.1. The third-order valence-corrected chi connectivity index (χ3v) is 15.0. The minimum Gasteiger partial charge on any atom is -0.870 e. The van der Waals surface area contributed by atoms with Crippen molar-refractivity contribution in [3.05, 3.63) is 153 Å². The first-order chi connectivity index (χ1) is 33.0. The van der Waals surface area contributed by atoms with Gasteiger partial charge in [0, 0.05) is 48.9 Å². The topological polar surface area (TPSA) is 151 Å². The Kier molecular flexibility index (Phi) is 17.0. The number of ether oxygens (including phenoxy) is 5. The Morgan fingerprint density at radius 1 is 0.812 bits per heavy atom. The molecule has 12 nitrogen and oxygen atoms in total. The molecule has 4 aliphatic heterocycles. The molecule has 5 atom stereocenters. The lowest BCUT2D eigenvalue weighted by Crippen LogP contribution is -2.52. The van der Waals surface area contributed by atoms with Crippen LogP contribution in [-0.2, 0) is 32.0 Å². The summed E-state index contributed by atoms with van der Waals surface area (Å²) >= 11 is 14.6. The molecular weight excluding hydrogens is 952 g/mol. The van der Waals surface area contributed by atoms with Crippen molar-refractivity contribution in [2.45, 2.75) is 81.5 Å². The van der Waals surface area contributed by atoms with Crippen LogP contribution >= 0.6 is 35.0 Å². The second-order valence-corrected chi connectivity index (χ2v) is 19.9. The first kappa shape index (κ1) is 50.4. The van der Waals surface area contributed by atoms with Crippen LogP contribution in [-0.4, -0.2) is 88.9 Å². The van der Waals surface area contributed by atoms with Crippen LogP contribution < -0.4 is 19.2 Å². The molecule has 69 heavy (non-hydrogen) atoms. The molecule has 0 amide bonds. The first-order valence-corrected chi connectivity index (χ1v) is 25.0. The van der Waals surface area contributed by atoms with E-state index < -0.39 is 30.3 Å². The lowest BCUT2D eigenvalue weighted by Gasteiger charge is -2.44. The van der Waals surface area contributed by atoms with Gasteiger partial charge in [0.2, 0.25) is 6.29 Å². The van der Waals surface area contributed by atoms with Crippen LogP contribution in [0.2, 0.25) is 10.0 Å². The fourth-order valence-electron chi connectivity index (χ4n) is 9.31. The minimum absolute atomic E-state index is 0. The number of carbonyl (C=O) groups is 2. The van der Waals surface area contributed by atoms with Crippen molar-refractivity contribution in [2.75, 3.05) is 38.5 Å². The van der Waals surface area contributed by atoms with Crippen LogP contribution in [0, 0.1) is 11.8 Å². The number of aliphatic hydroxyl groups excluding tert-OH is 1. The highest BCUT2D eigenvalue weighted by Gasteiger charge is 2.38. The Morgan fingerprint density at radius 2 is 1.55 bits per heavy atom. The van der Waals surface area contributed by atoms with Gasteiger partial charge in [0.05, 0.1) is 13.0 Å². The predicted molar refractivity (Wildman–Crippen MR) is 256 cm³/mol. The molecule has 3 N–H and O–H groups in total.